The minimum absolute atomic E-state index is 0.239. The van der Waals surface area contributed by atoms with E-state index in [1.807, 2.05) is 0 Å². The van der Waals surface area contributed by atoms with Crippen LogP contribution in [-0.4, -0.2) is 23.9 Å². The summed E-state index contributed by atoms with van der Waals surface area (Å²) in [6.45, 7) is 2.74. The molecule has 2 aliphatic rings. The minimum atomic E-state index is 0.239. The van der Waals surface area contributed by atoms with Crippen LogP contribution >= 0.6 is 11.3 Å². The zero-order valence-electron chi connectivity index (χ0n) is 13.2. The summed E-state index contributed by atoms with van der Waals surface area (Å²) in [5, 5.41) is 7.52. The molecule has 1 saturated carbocycles. The molecular formula is C19H22N2OS. The van der Waals surface area contributed by atoms with Crippen LogP contribution in [0.25, 0.3) is 0 Å². The normalized spacial score (nSPS) is 19.1. The number of carbonyl (C=O) groups is 1. The van der Waals surface area contributed by atoms with Gasteiger partial charge in [-0.05, 0) is 52.8 Å². The predicted octanol–water partition coefficient (Wildman–Crippen LogP) is 3.37. The van der Waals surface area contributed by atoms with E-state index in [4.69, 9.17) is 0 Å². The van der Waals surface area contributed by atoms with Gasteiger partial charge in [-0.2, -0.15) is 11.3 Å². The molecule has 4 heteroatoms. The summed E-state index contributed by atoms with van der Waals surface area (Å²) in [7, 11) is 0. The number of benzene rings is 1. The first-order chi connectivity index (χ1) is 11.3. The van der Waals surface area contributed by atoms with Crippen LogP contribution in [0.2, 0.25) is 0 Å². The Morgan fingerprint density at radius 2 is 2.09 bits per heavy atom. The van der Waals surface area contributed by atoms with Crippen molar-refractivity contribution in [2.75, 3.05) is 13.1 Å². The molecule has 1 aliphatic carbocycles. The van der Waals surface area contributed by atoms with Crippen molar-refractivity contribution in [2.45, 2.75) is 31.8 Å². The first kappa shape index (κ1) is 14.9. The number of nitrogens with zero attached hydrogens (tertiary/aromatic N) is 1. The molecule has 0 radical (unpaired) electrons. The lowest BCUT2D eigenvalue weighted by Gasteiger charge is -2.35. The highest BCUT2D eigenvalue weighted by molar-refractivity contribution is 7.07. The highest BCUT2D eigenvalue weighted by atomic mass is 32.1. The number of nitrogens with one attached hydrogen (secondary N) is 1. The Hall–Kier alpha value is -1.65. The van der Waals surface area contributed by atoms with Gasteiger partial charge < -0.3 is 5.32 Å². The van der Waals surface area contributed by atoms with E-state index in [0.717, 1.165) is 32.4 Å². The molecule has 1 aliphatic heterocycles. The molecule has 2 heterocycles. The number of hydrogen-bond acceptors (Lipinski definition) is 3. The maximum absolute atomic E-state index is 12.0. The van der Waals surface area contributed by atoms with Crippen molar-refractivity contribution < 1.29 is 4.79 Å². The maximum Gasteiger partial charge on any atom is 0.223 e. The molecule has 120 valence electrons. The second-order valence-electron chi connectivity index (χ2n) is 6.58. The summed E-state index contributed by atoms with van der Waals surface area (Å²) in [6, 6.07) is 11.2. The van der Waals surface area contributed by atoms with Gasteiger partial charge in [0.15, 0.2) is 0 Å². The van der Waals surface area contributed by atoms with Crippen LogP contribution in [-0.2, 0) is 17.8 Å². The van der Waals surface area contributed by atoms with Gasteiger partial charge in [0, 0.05) is 25.6 Å². The monoisotopic (exact) mass is 326 g/mol. The van der Waals surface area contributed by atoms with E-state index in [1.165, 1.54) is 16.7 Å². The van der Waals surface area contributed by atoms with Gasteiger partial charge in [0.05, 0.1) is 6.04 Å². The van der Waals surface area contributed by atoms with E-state index in [-0.39, 0.29) is 17.9 Å². The molecule has 4 rings (SSSR count). The lowest BCUT2D eigenvalue weighted by Crippen LogP contribution is -2.40. The van der Waals surface area contributed by atoms with Crippen molar-refractivity contribution in [3.63, 3.8) is 0 Å². The Balaban J connectivity index is 1.50. The van der Waals surface area contributed by atoms with Gasteiger partial charge in [0.1, 0.15) is 0 Å². The topological polar surface area (TPSA) is 32.3 Å². The lowest BCUT2D eigenvalue weighted by molar-refractivity contribution is -0.122. The largest absolute Gasteiger partial charge is 0.354 e. The van der Waals surface area contributed by atoms with Crippen molar-refractivity contribution in [1.29, 1.82) is 0 Å². The molecule has 0 spiro atoms. The van der Waals surface area contributed by atoms with Crippen LogP contribution in [0.3, 0.4) is 0 Å². The number of hydrogen-bond donors (Lipinski definition) is 1. The van der Waals surface area contributed by atoms with E-state index in [9.17, 15) is 4.79 Å². The van der Waals surface area contributed by atoms with Gasteiger partial charge in [-0.1, -0.05) is 24.3 Å². The Morgan fingerprint density at radius 1 is 1.26 bits per heavy atom. The summed E-state index contributed by atoms with van der Waals surface area (Å²) >= 11 is 1.73. The van der Waals surface area contributed by atoms with Gasteiger partial charge >= 0.3 is 0 Å². The number of thiophene rings is 1. The van der Waals surface area contributed by atoms with Crippen LogP contribution in [0.5, 0.6) is 0 Å². The first-order valence-electron chi connectivity index (χ1n) is 8.42. The molecular weight excluding hydrogens is 304 g/mol. The molecule has 0 bridgehead atoms. The second-order valence-corrected chi connectivity index (χ2v) is 7.36. The second kappa shape index (κ2) is 6.46. The van der Waals surface area contributed by atoms with Crippen molar-refractivity contribution >= 4 is 17.2 Å². The van der Waals surface area contributed by atoms with E-state index in [0.29, 0.717) is 6.54 Å². The van der Waals surface area contributed by atoms with Gasteiger partial charge in [0.2, 0.25) is 5.91 Å². The highest BCUT2D eigenvalue weighted by Crippen LogP contribution is 2.31. The Bertz CT molecular complexity index is 678. The van der Waals surface area contributed by atoms with E-state index >= 15 is 0 Å². The summed E-state index contributed by atoms with van der Waals surface area (Å²) < 4.78 is 0. The first-order valence-corrected chi connectivity index (χ1v) is 9.36. The Kier molecular flexibility index (Phi) is 4.19. The van der Waals surface area contributed by atoms with Crippen molar-refractivity contribution in [1.82, 2.24) is 10.2 Å². The van der Waals surface area contributed by atoms with E-state index in [2.05, 4.69) is 51.3 Å². The molecule has 0 saturated heterocycles. The third-order valence-corrected chi connectivity index (χ3v) is 5.65. The summed E-state index contributed by atoms with van der Waals surface area (Å²) in [5.41, 5.74) is 4.22. The van der Waals surface area contributed by atoms with Crippen LogP contribution < -0.4 is 5.32 Å². The third-order valence-electron chi connectivity index (χ3n) is 4.95. The molecule has 1 atom stereocenters. The van der Waals surface area contributed by atoms with Crippen LogP contribution in [0, 0.1) is 5.92 Å². The van der Waals surface area contributed by atoms with Crippen LogP contribution in [0.1, 0.15) is 35.6 Å². The lowest BCUT2D eigenvalue weighted by atomic mass is 9.97. The highest BCUT2D eigenvalue weighted by Gasteiger charge is 2.31. The predicted molar refractivity (Wildman–Crippen MR) is 93.3 cm³/mol. The fraction of sp³-hybridized carbons (Fsp3) is 0.421. The Morgan fingerprint density at radius 3 is 2.83 bits per heavy atom. The molecule has 1 aromatic heterocycles. The summed E-state index contributed by atoms with van der Waals surface area (Å²) in [4.78, 5) is 14.5. The molecule has 3 nitrogen and oxygen atoms in total. The average Bonchev–Trinajstić information content (AvgIpc) is 3.31. The number of fused-ring (bicyclic) bond motifs is 1. The van der Waals surface area contributed by atoms with E-state index in [1.54, 1.807) is 11.3 Å². The standard InChI is InChI=1S/C19H22N2OS/c22-19(15-5-6-15)20-11-18(17-8-10-23-13-17)21-9-7-14-3-1-2-4-16(14)12-21/h1-4,8,10,13,15,18H,5-7,9,11-12H2,(H,20,22)/t18-/m0/s1. The maximum atomic E-state index is 12.0. The fourth-order valence-corrected chi connectivity index (χ4v) is 4.10. The molecule has 0 unspecified atom stereocenters. The molecule has 1 fully saturated rings. The molecule has 2 aromatic rings. The third kappa shape index (κ3) is 3.33. The van der Waals surface area contributed by atoms with Gasteiger partial charge in [-0.15, -0.1) is 0 Å². The summed E-state index contributed by atoms with van der Waals surface area (Å²) in [5.74, 6) is 0.517. The zero-order chi connectivity index (χ0) is 15.6. The van der Waals surface area contributed by atoms with Gasteiger partial charge in [-0.3, -0.25) is 9.69 Å². The zero-order valence-corrected chi connectivity index (χ0v) is 14.0. The summed E-state index contributed by atoms with van der Waals surface area (Å²) in [6.07, 6.45) is 3.21. The quantitative estimate of drug-likeness (QED) is 0.913. The van der Waals surface area contributed by atoms with Gasteiger partial charge in [-0.25, -0.2) is 0 Å². The SMILES string of the molecule is O=C(NC[C@@H](c1ccsc1)N1CCc2ccccc2C1)C1CC1. The molecule has 1 aromatic carbocycles. The fourth-order valence-electron chi connectivity index (χ4n) is 3.39. The molecule has 1 amide bonds. The minimum Gasteiger partial charge on any atom is -0.354 e. The van der Waals surface area contributed by atoms with Crippen molar-refractivity contribution in [3.8, 4) is 0 Å². The Labute approximate surface area is 141 Å². The smallest absolute Gasteiger partial charge is 0.223 e. The average molecular weight is 326 g/mol. The number of amides is 1. The van der Waals surface area contributed by atoms with Crippen molar-refractivity contribution in [3.05, 3.63) is 57.8 Å². The van der Waals surface area contributed by atoms with Crippen LogP contribution in [0.15, 0.2) is 41.1 Å². The van der Waals surface area contributed by atoms with Crippen LogP contribution in [0.4, 0.5) is 0 Å². The van der Waals surface area contributed by atoms with E-state index < -0.39 is 0 Å². The van der Waals surface area contributed by atoms with Crippen molar-refractivity contribution in [2.24, 2.45) is 5.92 Å². The van der Waals surface area contributed by atoms with Gasteiger partial charge in [0.25, 0.3) is 0 Å². The molecule has 23 heavy (non-hydrogen) atoms. The number of carbonyl (C=O) groups excluding carboxylic acids is 1. The number of rotatable bonds is 5. The molecule has 1 N–H and O–H groups in total.